The first-order chi connectivity index (χ1) is 8.27. The zero-order valence-electron chi connectivity index (χ0n) is 9.84. The van der Waals surface area contributed by atoms with Gasteiger partial charge in [-0.15, -0.1) is 0 Å². The van der Waals surface area contributed by atoms with Crippen molar-refractivity contribution in [2.75, 3.05) is 6.54 Å². The Bertz CT molecular complexity index is 459. The molecule has 0 amide bonds. The summed E-state index contributed by atoms with van der Waals surface area (Å²) in [6, 6.07) is 7.51. The molecule has 0 aliphatic heterocycles. The van der Waals surface area contributed by atoms with E-state index in [4.69, 9.17) is 5.53 Å². The van der Waals surface area contributed by atoms with Crippen LogP contribution in [0.4, 0.5) is 0 Å². The smallest absolute Gasteiger partial charge is 0.162 e. The number of carbonyl (C=O) groups is 1. The van der Waals surface area contributed by atoms with E-state index in [0.29, 0.717) is 19.4 Å². The molecular formula is C13H15N3O. The van der Waals surface area contributed by atoms with Crippen molar-refractivity contribution in [2.24, 2.45) is 5.11 Å². The van der Waals surface area contributed by atoms with Crippen LogP contribution in [-0.4, -0.2) is 12.3 Å². The minimum Gasteiger partial charge on any atom is -0.294 e. The fourth-order valence-electron chi connectivity index (χ4n) is 1.42. The first-order valence-electron chi connectivity index (χ1n) is 5.58. The zero-order valence-corrected chi connectivity index (χ0v) is 9.84. The van der Waals surface area contributed by atoms with Crippen LogP contribution in [0.5, 0.6) is 0 Å². The molecule has 0 spiro atoms. The number of azide groups is 1. The minimum atomic E-state index is 0.148. The van der Waals surface area contributed by atoms with Gasteiger partial charge in [-0.3, -0.25) is 4.79 Å². The highest BCUT2D eigenvalue weighted by Crippen LogP contribution is 2.09. The van der Waals surface area contributed by atoms with Crippen molar-refractivity contribution in [3.63, 3.8) is 0 Å². The van der Waals surface area contributed by atoms with Crippen molar-refractivity contribution in [1.82, 2.24) is 0 Å². The summed E-state index contributed by atoms with van der Waals surface area (Å²) < 4.78 is 0. The topological polar surface area (TPSA) is 65.8 Å². The summed E-state index contributed by atoms with van der Waals surface area (Å²) in [5, 5.41) is 3.44. The molecule has 0 bridgehead atoms. The van der Waals surface area contributed by atoms with Gasteiger partial charge < -0.3 is 0 Å². The molecule has 0 heterocycles. The predicted octanol–water partition coefficient (Wildman–Crippen LogP) is 3.99. The molecule has 0 radical (unpaired) electrons. The summed E-state index contributed by atoms with van der Waals surface area (Å²) in [6.07, 6.45) is 5.09. The summed E-state index contributed by atoms with van der Waals surface area (Å²) in [7, 11) is 0. The minimum absolute atomic E-state index is 0.148. The fourth-order valence-corrected chi connectivity index (χ4v) is 1.42. The van der Waals surface area contributed by atoms with Crippen molar-refractivity contribution >= 4 is 11.9 Å². The first kappa shape index (κ1) is 13.0. The summed E-state index contributed by atoms with van der Waals surface area (Å²) in [6.45, 7) is 2.31. The van der Waals surface area contributed by atoms with Gasteiger partial charge in [-0.05, 0) is 23.6 Å². The molecule has 88 valence electrons. The second kappa shape index (κ2) is 7.25. The van der Waals surface area contributed by atoms with Crippen molar-refractivity contribution in [2.45, 2.75) is 19.8 Å². The van der Waals surface area contributed by atoms with Gasteiger partial charge in [0.25, 0.3) is 0 Å². The maximum absolute atomic E-state index is 11.5. The molecule has 0 saturated heterocycles. The second-order valence-electron chi connectivity index (χ2n) is 3.55. The average Bonchev–Trinajstić information content (AvgIpc) is 2.38. The van der Waals surface area contributed by atoms with Gasteiger partial charge in [0, 0.05) is 23.4 Å². The quantitative estimate of drug-likeness (QED) is 0.239. The molecule has 0 N–H and O–H groups in total. The van der Waals surface area contributed by atoms with Crippen LogP contribution >= 0.6 is 0 Å². The number of hydrogen-bond acceptors (Lipinski definition) is 2. The molecule has 0 aliphatic rings. The number of Topliss-reactive ketones (excluding diaryl/α,β-unsaturated/α-hetero) is 1. The molecule has 1 aromatic rings. The van der Waals surface area contributed by atoms with Gasteiger partial charge in [0.1, 0.15) is 0 Å². The summed E-state index contributed by atoms with van der Waals surface area (Å²) in [5.41, 5.74) is 9.84. The molecule has 0 saturated carbocycles. The third-order valence-electron chi connectivity index (χ3n) is 2.30. The van der Waals surface area contributed by atoms with Crippen molar-refractivity contribution < 1.29 is 4.79 Å². The maximum Gasteiger partial charge on any atom is 0.162 e. The Labute approximate surface area is 101 Å². The molecule has 0 atom stereocenters. The van der Waals surface area contributed by atoms with E-state index in [0.717, 1.165) is 11.1 Å². The van der Waals surface area contributed by atoms with Crippen LogP contribution in [0.2, 0.25) is 0 Å². The maximum atomic E-state index is 11.5. The Kier molecular flexibility index (Phi) is 5.55. The highest BCUT2D eigenvalue weighted by Gasteiger charge is 2.01. The van der Waals surface area contributed by atoms with Crippen LogP contribution in [0.15, 0.2) is 35.5 Å². The number of rotatable bonds is 6. The lowest BCUT2D eigenvalue weighted by Crippen LogP contribution is -1.95. The Morgan fingerprint density at radius 1 is 1.53 bits per heavy atom. The molecule has 17 heavy (non-hydrogen) atoms. The summed E-state index contributed by atoms with van der Waals surface area (Å²) >= 11 is 0. The lowest BCUT2D eigenvalue weighted by molar-refractivity contribution is 0.0988. The van der Waals surface area contributed by atoms with E-state index in [1.54, 1.807) is 0 Å². The van der Waals surface area contributed by atoms with E-state index in [-0.39, 0.29) is 5.78 Å². The van der Waals surface area contributed by atoms with E-state index >= 15 is 0 Å². The average molecular weight is 229 g/mol. The molecule has 1 aromatic carbocycles. The van der Waals surface area contributed by atoms with Crippen molar-refractivity contribution in [1.29, 1.82) is 0 Å². The normalized spacial score (nSPS) is 10.2. The summed E-state index contributed by atoms with van der Waals surface area (Å²) in [4.78, 5) is 14.2. The van der Waals surface area contributed by atoms with Crippen molar-refractivity contribution in [3.8, 4) is 0 Å². The SMILES string of the molecule is CCC(=O)c1cccc(C=CCCN=[N+]=[N-])c1. The Morgan fingerprint density at radius 2 is 2.35 bits per heavy atom. The van der Waals surface area contributed by atoms with E-state index in [2.05, 4.69) is 10.0 Å². The van der Waals surface area contributed by atoms with E-state index in [1.165, 1.54) is 0 Å². The number of ketones is 1. The van der Waals surface area contributed by atoms with Crippen LogP contribution in [-0.2, 0) is 0 Å². The predicted molar refractivity (Wildman–Crippen MR) is 68.7 cm³/mol. The van der Waals surface area contributed by atoms with Crippen LogP contribution in [0.25, 0.3) is 16.5 Å². The van der Waals surface area contributed by atoms with Crippen LogP contribution < -0.4 is 0 Å². The third-order valence-corrected chi connectivity index (χ3v) is 2.30. The molecule has 0 fully saturated rings. The van der Waals surface area contributed by atoms with Crippen LogP contribution in [0.3, 0.4) is 0 Å². The lowest BCUT2D eigenvalue weighted by atomic mass is 10.1. The van der Waals surface area contributed by atoms with Gasteiger partial charge in [0.15, 0.2) is 5.78 Å². The lowest BCUT2D eigenvalue weighted by Gasteiger charge is -1.99. The van der Waals surface area contributed by atoms with Crippen LogP contribution in [0, 0.1) is 0 Å². The molecule has 0 aromatic heterocycles. The van der Waals surface area contributed by atoms with Gasteiger partial charge in [-0.2, -0.15) is 0 Å². The van der Waals surface area contributed by atoms with Crippen molar-refractivity contribution in [3.05, 3.63) is 51.9 Å². The highest BCUT2D eigenvalue weighted by atomic mass is 16.1. The first-order valence-corrected chi connectivity index (χ1v) is 5.58. The van der Waals surface area contributed by atoms with Gasteiger partial charge in [0.05, 0.1) is 0 Å². The van der Waals surface area contributed by atoms with E-state index in [1.807, 2.05) is 43.3 Å². The monoisotopic (exact) mass is 229 g/mol. The molecule has 0 aliphatic carbocycles. The fraction of sp³-hybridized carbons (Fsp3) is 0.308. The third kappa shape index (κ3) is 4.53. The Morgan fingerprint density at radius 3 is 3.06 bits per heavy atom. The van der Waals surface area contributed by atoms with E-state index < -0.39 is 0 Å². The zero-order chi connectivity index (χ0) is 12.5. The van der Waals surface area contributed by atoms with Gasteiger partial charge >= 0.3 is 0 Å². The van der Waals surface area contributed by atoms with Gasteiger partial charge in [-0.1, -0.05) is 42.4 Å². The highest BCUT2D eigenvalue weighted by molar-refractivity contribution is 5.96. The van der Waals surface area contributed by atoms with E-state index in [9.17, 15) is 4.79 Å². The molecule has 1 rings (SSSR count). The molecular weight excluding hydrogens is 214 g/mol. The largest absolute Gasteiger partial charge is 0.294 e. The molecule has 4 heteroatoms. The van der Waals surface area contributed by atoms with Gasteiger partial charge in [0.2, 0.25) is 0 Å². The summed E-state index contributed by atoms with van der Waals surface area (Å²) in [5.74, 6) is 0.148. The number of carbonyl (C=O) groups excluding carboxylic acids is 1. The molecule has 0 unspecified atom stereocenters. The van der Waals surface area contributed by atoms with Crippen LogP contribution in [0.1, 0.15) is 35.7 Å². The number of hydrogen-bond donors (Lipinski definition) is 0. The second-order valence-corrected chi connectivity index (χ2v) is 3.55. The Hall–Kier alpha value is -2.06. The standard InChI is InChI=1S/C13H15N3O/c1-2-13(17)12-8-5-7-11(10-12)6-3-4-9-15-16-14/h3,5-8,10H,2,4,9H2,1H3. The number of nitrogens with zero attached hydrogens (tertiary/aromatic N) is 3. The molecule has 4 nitrogen and oxygen atoms in total. The number of benzene rings is 1. The van der Waals surface area contributed by atoms with Gasteiger partial charge in [-0.25, -0.2) is 0 Å². The Balaban J connectivity index is 2.65.